The van der Waals surface area contributed by atoms with Gasteiger partial charge in [-0.05, 0) is 12.8 Å². The predicted molar refractivity (Wildman–Crippen MR) is 74.2 cm³/mol. The first-order chi connectivity index (χ1) is 9.35. The summed E-state index contributed by atoms with van der Waals surface area (Å²) in [7, 11) is -2.80. The van der Waals surface area contributed by atoms with E-state index in [1.165, 1.54) is 5.51 Å². The van der Waals surface area contributed by atoms with Gasteiger partial charge in [-0.1, -0.05) is 13.8 Å². The molecule has 1 aromatic rings. The zero-order chi connectivity index (χ0) is 15.4. The minimum Gasteiger partial charge on any atom is -0.464 e. The van der Waals surface area contributed by atoms with Crippen LogP contribution < -0.4 is 4.72 Å². The second kappa shape index (κ2) is 6.61. The molecule has 0 unspecified atom stereocenters. The van der Waals surface area contributed by atoms with Crippen LogP contribution in [0.4, 0.5) is 0 Å². The van der Waals surface area contributed by atoms with Crippen LogP contribution >= 0.6 is 11.3 Å². The van der Waals surface area contributed by atoms with Gasteiger partial charge in [-0.2, -0.15) is 0 Å². The smallest absolute Gasteiger partial charge is 0.358 e. The number of sulfonamides is 1. The quantitative estimate of drug-likeness (QED) is 0.718. The van der Waals surface area contributed by atoms with Crippen LogP contribution in [0.1, 0.15) is 37.2 Å². The molecule has 0 amide bonds. The molecule has 0 fully saturated rings. The van der Waals surface area contributed by atoms with Crippen LogP contribution in [-0.4, -0.2) is 43.7 Å². The van der Waals surface area contributed by atoms with E-state index in [0.29, 0.717) is 12.8 Å². The molecular weight excluding hydrogens is 304 g/mol. The molecule has 0 aromatic carbocycles. The van der Waals surface area contributed by atoms with E-state index in [1.54, 1.807) is 13.8 Å². The first-order valence-corrected chi connectivity index (χ1v) is 8.38. The van der Waals surface area contributed by atoms with E-state index in [0.717, 1.165) is 18.4 Å². The van der Waals surface area contributed by atoms with E-state index >= 15 is 0 Å². The molecular formula is C11H18N2O5S2. The van der Waals surface area contributed by atoms with Crippen molar-refractivity contribution in [1.29, 1.82) is 0 Å². The lowest BCUT2D eigenvalue weighted by Crippen LogP contribution is -2.50. The average Bonchev–Trinajstić information content (AvgIpc) is 2.94. The van der Waals surface area contributed by atoms with Crippen molar-refractivity contribution in [1.82, 2.24) is 9.71 Å². The lowest BCUT2D eigenvalue weighted by atomic mass is 9.96. The van der Waals surface area contributed by atoms with Crippen LogP contribution in [0.5, 0.6) is 0 Å². The minimum atomic E-state index is -3.95. The van der Waals surface area contributed by atoms with Gasteiger partial charge < -0.3 is 9.84 Å². The summed E-state index contributed by atoms with van der Waals surface area (Å²) in [6.45, 7) is 3.22. The summed E-state index contributed by atoms with van der Waals surface area (Å²) in [6, 6.07) is 0. The van der Waals surface area contributed by atoms with Crippen molar-refractivity contribution >= 4 is 27.3 Å². The molecule has 0 bridgehead atoms. The Morgan fingerprint density at radius 2 is 2.10 bits per heavy atom. The van der Waals surface area contributed by atoms with Gasteiger partial charge in [-0.15, -0.1) is 11.3 Å². The normalized spacial score (nSPS) is 12.4. The number of hydrogen-bond donors (Lipinski definition) is 2. The number of carbonyl (C=O) groups is 1. The summed E-state index contributed by atoms with van der Waals surface area (Å²) in [5.41, 5.74) is 0.0688. The zero-order valence-corrected chi connectivity index (χ0v) is 13.2. The van der Waals surface area contributed by atoms with E-state index in [9.17, 15) is 18.3 Å². The monoisotopic (exact) mass is 322 g/mol. The highest BCUT2D eigenvalue weighted by Crippen LogP contribution is 2.24. The van der Waals surface area contributed by atoms with Crippen molar-refractivity contribution in [3.63, 3.8) is 0 Å². The molecule has 0 aliphatic carbocycles. The van der Waals surface area contributed by atoms with Gasteiger partial charge >= 0.3 is 5.97 Å². The Labute approximate surface area is 122 Å². The average molecular weight is 322 g/mol. The van der Waals surface area contributed by atoms with Crippen molar-refractivity contribution < 1.29 is 23.1 Å². The number of ether oxygens (including phenoxy) is 1. The number of methoxy groups -OCH3 is 1. The van der Waals surface area contributed by atoms with Gasteiger partial charge in [0, 0.05) is 0 Å². The van der Waals surface area contributed by atoms with Gasteiger partial charge in [0.1, 0.15) is 0 Å². The molecule has 20 heavy (non-hydrogen) atoms. The number of hydrogen-bond acceptors (Lipinski definition) is 7. The van der Waals surface area contributed by atoms with Gasteiger partial charge in [0.25, 0.3) is 10.0 Å². The Morgan fingerprint density at radius 1 is 1.50 bits per heavy atom. The molecule has 7 nitrogen and oxygen atoms in total. The fraction of sp³-hybridized carbons (Fsp3) is 0.636. The van der Waals surface area contributed by atoms with Crippen LogP contribution in [0.2, 0.25) is 0 Å². The standard InChI is InChI=1S/C11H18N2O5S2/c1-4-11(5-2,6-14)13-20(16,17)10-8(9(15)18-3)12-7-19-10/h7,13-14H,4-6H2,1-3H3. The summed E-state index contributed by atoms with van der Waals surface area (Å²) in [6.07, 6.45) is 0.844. The number of aromatic nitrogens is 1. The predicted octanol–water partition coefficient (Wildman–Crippen LogP) is 0.759. The van der Waals surface area contributed by atoms with Gasteiger partial charge in [-0.25, -0.2) is 22.9 Å². The van der Waals surface area contributed by atoms with Crippen molar-refractivity contribution in [3.05, 3.63) is 11.2 Å². The third-order valence-corrected chi connectivity index (χ3v) is 6.11. The summed E-state index contributed by atoms with van der Waals surface area (Å²) in [5, 5.41) is 9.43. The summed E-state index contributed by atoms with van der Waals surface area (Å²) in [4.78, 5) is 15.2. The third kappa shape index (κ3) is 3.35. The van der Waals surface area contributed by atoms with E-state index < -0.39 is 21.5 Å². The fourth-order valence-electron chi connectivity index (χ4n) is 1.64. The Morgan fingerprint density at radius 3 is 2.55 bits per heavy atom. The molecule has 2 N–H and O–H groups in total. The Hall–Kier alpha value is -1.03. The second-order valence-electron chi connectivity index (χ2n) is 4.23. The fourth-order valence-corrected chi connectivity index (χ4v) is 4.31. The van der Waals surface area contributed by atoms with Gasteiger partial charge in [0.2, 0.25) is 0 Å². The number of nitrogens with one attached hydrogen (secondary N) is 1. The van der Waals surface area contributed by atoms with Crippen LogP contribution in [0, 0.1) is 0 Å². The summed E-state index contributed by atoms with van der Waals surface area (Å²) in [5.74, 6) is -0.811. The number of thiazole rings is 1. The molecule has 0 radical (unpaired) electrons. The largest absolute Gasteiger partial charge is 0.464 e. The Balaban J connectivity index is 3.18. The molecule has 0 saturated carbocycles. The van der Waals surface area contributed by atoms with E-state index in [1.807, 2.05) is 0 Å². The highest BCUT2D eigenvalue weighted by molar-refractivity contribution is 7.91. The topological polar surface area (TPSA) is 106 Å². The number of aliphatic hydroxyl groups is 1. The molecule has 0 aliphatic rings. The van der Waals surface area contributed by atoms with Crippen LogP contribution in [0.15, 0.2) is 9.72 Å². The number of rotatable bonds is 7. The van der Waals surface area contributed by atoms with Gasteiger partial charge in [0.05, 0.1) is 24.8 Å². The Bertz CT molecular complexity index is 555. The number of esters is 1. The van der Waals surface area contributed by atoms with Gasteiger partial charge in [-0.3, -0.25) is 0 Å². The highest BCUT2D eigenvalue weighted by Gasteiger charge is 2.35. The summed E-state index contributed by atoms with van der Waals surface area (Å²) < 4.78 is 31.5. The third-order valence-electron chi connectivity index (χ3n) is 3.16. The Kier molecular flexibility index (Phi) is 5.63. The molecule has 0 saturated heterocycles. The van der Waals surface area contributed by atoms with E-state index in [2.05, 4.69) is 14.4 Å². The van der Waals surface area contributed by atoms with Crippen molar-refractivity contribution in [2.45, 2.75) is 36.4 Å². The van der Waals surface area contributed by atoms with Crippen molar-refractivity contribution in [2.75, 3.05) is 13.7 Å². The van der Waals surface area contributed by atoms with Crippen LogP contribution in [-0.2, 0) is 14.8 Å². The highest BCUT2D eigenvalue weighted by atomic mass is 32.2. The molecule has 1 rings (SSSR count). The SMILES string of the molecule is CCC(CC)(CO)NS(=O)(=O)c1scnc1C(=O)OC. The first-order valence-electron chi connectivity index (χ1n) is 6.02. The maximum absolute atomic E-state index is 12.4. The maximum atomic E-state index is 12.4. The first kappa shape index (κ1) is 17.0. The molecule has 9 heteroatoms. The number of aliphatic hydroxyl groups excluding tert-OH is 1. The number of carbonyl (C=O) groups excluding carboxylic acids is 1. The van der Waals surface area contributed by atoms with E-state index in [-0.39, 0.29) is 16.5 Å². The van der Waals surface area contributed by atoms with Crippen molar-refractivity contribution in [3.8, 4) is 0 Å². The van der Waals surface area contributed by atoms with Crippen molar-refractivity contribution in [2.24, 2.45) is 0 Å². The molecule has 1 heterocycles. The molecule has 0 spiro atoms. The van der Waals surface area contributed by atoms with Crippen LogP contribution in [0.3, 0.4) is 0 Å². The molecule has 0 atom stereocenters. The van der Waals surface area contributed by atoms with Gasteiger partial charge in [0.15, 0.2) is 9.90 Å². The molecule has 0 aliphatic heterocycles. The second-order valence-corrected chi connectivity index (χ2v) is 6.96. The van der Waals surface area contributed by atoms with Crippen LogP contribution in [0.25, 0.3) is 0 Å². The number of nitrogens with zero attached hydrogens (tertiary/aromatic N) is 1. The summed E-state index contributed by atoms with van der Waals surface area (Å²) >= 11 is 0.828. The lowest BCUT2D eigenvalue weighted by molar-refractivity contribution is 0.0590. The molecule has 114 valence electrons. The van der Waals surface area contributed by atoms with E-state index in [4.69, 9.17) is 0 Å². The lowest BCUT2D eigenvalue weighted by Gasteiger charge is -2.29. The zero-order valence-electron chi connectivity index (χ0n) is 11.5. The minimum absolute atomic E-state index is 0.205. The maximum Gasteiger partial charge on any atom is 0.358 e. The molecule has 1 aromatic heterocycles.